The summed E-state index contributed by atoms with van der Waals surface area (Å²) in [6, 6.07) is 0. The zero-order valence-corrected chi connectivity index (χ0v) is 17.3. The Balaban J connectivity index is 0.00000242. The molecule has 0 spiro atoms. The number of hydrogen-bond donors (Lipinski definition) is 2. The van der Waals surface area contributed by atoms with Crippen LogP contribution in [0.25, 0.3) is 0 Å². The van der Waals surface area contributed by atoms with Crippen LogP contribution >= 0.6 is 0 Å². The molecule has 2 fully saturated rings. The predicted molar refractivity (Wildman–Crippen MR) is 83.5 cm³/mol. The van der Waals surface area contributed by atoms with Gasteiger partial charge in [0.25, 0.3) is 0 Å². The van der Waals surface area contributed by atoms with Crippen molar-refractivity contribution in [2.45, 2.75) is 51.4 Å². The Morgan fingerprint density at radius 2 is 1.50 bits per heavy atom. The van der Waals surface area contributed by atoms with Crippen LogP contribution in [0.2, 0.25) is 0 Å². The normalized spacial score (nSPS) is 31.9. The van der Waals surface area contributed by atoms with Gasteiger partial charge in [-0.15, -0.1) is 5.92 Å². The summed E-state index contributed by atoms with van der Waals surface area (Å²) in [5.41, 5.74) is 0. The maximum atomic E-state index is 12.2. The van der Waals surface area contributed by atoms with E-state index in [9.17, 15) is 9.59 Å². The number of amides is 1. The first kappa shape index (κ1) is 20.8. The fraction of sp³-hybridized carbons (Fsp3) is 0.882. The molecule has 4 nitrogen and oxygen atoms in total. The SMILES string of the molecule is CNCC1CCC(C(=O)NCC2CCC([C-]=O)CC2)CC1.[K+]. The fourth-order valence-corrected chi connectivity index (χ4v) is 3.79. The molecule has 22 heavy (non-hydrogen) atoms. The Bertz CT molecular complexity index is 336. The van der Waals surface area contributed by atoms with Gasteiger partial charge in [-0.25, -0.2) is 0 Å². The number of nitrogens with one attached hydrogen (secondary N) is 2. The maximum absolute atomic E-state index is 12.2. The fourth-order valence-electron chi connectivity index (χ4n) is 3.79. The van der Waals surface area contributed by atoms with Crippen LogP contribution in [0.3, 0.4) is 0 Å². The molecule has 0 aromatic heterocycles. The third-order valence-corrected chi connectivity index (χ3v) is 5.29. The van der Waals surface area contributed by atoms with E-state index in [4.69, 9.17) is 0 Å². The topological polar surface area (TPSA) is 58.2 Å². The molecule has 2 aliphatic rings. The molecule has 0 aliphatic heterocycles. The van der Waals surface area contributed by atoms with Crippen LogP contribution in [-0.2, 0) is 9.59 Å². The van der Waals surface area contributed by atoms with Gasteiger partial charge in [0.2, 0.25) is 5.91 Å². The van der Waals surface area contributed by atoms with Crippen molar-refractivity contribution in [1.29, 1.82) is 0 Å². The molecular formula is C17H29KN2O2. The third kappa shape index (κ3) is 6.69. The molecule has 0 saturated heterocycles. The van der Waals surface area contributed by atoms with Crippen molar-refractivity contribution in [3.8, 4) is 0 Å². The van der Waals surface area contributed by atoms with Crippen LogP contribution in [0.5, 0.6) is 0 Å². The largest absolute Gasteiger partial charge is 1.00 e. The van der Waals surface area contributed by atoms with E-state index in [1.165, 1.54) is 12.8 Å². The molecule has 0 aromatic rings. The van der Waals surface area contributed by atoms with Gasteiger partial charge in [-0.2, -0.15) is 0 Å². The first-order valence-corrected chi connectivity index (χ1v) is 8.53. The molecule has 0 radical (unpaired) electrons. The van der Waals surface area contributed by atoms with Gasteiger partial charge in [0.15, 0.2) is 0 Å². The van der Waals surface area contributed by atoms with Gasteiger partial charge in [-0.05, 0) is 51.1 Å². The molecule has 2 aliphatic carbocycles. The number of carbonyl (C=O) groups is 1. The Labute approximate surface area is 177 Å². The van der Waals surface area contributed by atoms with Crippen molar-refractivity contribution in [3.05, 3.63) is 0 Å². The van der Waals surface area contributed by atoms with E-state index < -0.39 is 0 Å². The monoisotopic (exact) mass is 332 g/mol. The minimum atomic E-state index is 0. The predicted octanol–water partition coefficient (Wildman–Crippen LogP) is -0.951. The maximum Gasteiger partial charge on any atom is 1.00 e. The quantitative estimate of drug-likeness (QED) is 0.487. The van der Waals surface area contributed by atoms with E-state index >= 15 is 0 Å². The van der Waals surface area contributed by atoms with Gasteiger partial charge >= 0.3 is 51.4 Å². The molecule has 5 heteroatoms. The summed E-state index contributed by atoms with van der Waals surface area (Å²) >= 11 is 0. The molecular weight excluding hydrogens is 303 g/mol. The van der Waals surface area contributed by atoms with Crippen molar-refractivity contribution < 1.29 is 61.0 Å². The average Bonchev–Trinajstić information content (AvgIpc) is 2.54. The van der Waals surface area contributed by atoms with Crippen molar-refractivity contribution in [1.82, 2.24) is 10.6 Å². The van der Waals surface area contributed by atoms with Crippen LogP contribution in [0.4, 0.5) is 0 Å². The smallest absolute Gasteiger partial charge is 0.542 e. The molecule has 0 aromatic carbocycles. The molecule has 2 saturated carbocycles. The summed E-state index contributed by atoms with van der Waals surface area (Å²) in [7, 11) is 2.00. The Hall–Kier alpha value is 0.736. The summed E-state index contributed by atoms with van der Waals surface area (Å²) in [5, 5.41) is 6.38. The van der Waals surface area contributed by atoms with E-state index in [0.29, 0.717) is 5.92 Å². The van der Waals surface area contributed by atoms with Crippen LogP contribution in [-0.4, -0.2) is 32.3 Å². The van der Waals surface area contributed by atoms with Gasteiger partial charge in [-0.1, -0.05) is 25.7 Å². The number of rotatable bonds is 6. The zero-order valence-electron chi connectivity index (χ0n) is 14.2. The molecule has 0 heterocycles. The van der Waals surface area contributed by atoms with Crippen LogP contribution < -0.4 is 62.0 Å². The van der Waals surface area contributed by atoms with Gasteiger partial charge in [0, 0.05) is 12.5 Å². The van der Waals surface area contributed by atoms with Crippen molar-refractivity contribution in [2.75, 3.05) is 20.1 Å². The molecule has 2 rings (SSSR count). The molecule has 0 atom stereocenters. The van der Waals surface area contributed by atoms with E-state index in [2.05, 4.69) is 16.9 Å². The van der Waals surface area contributed by atoms with Crippen LogP contribution in [0, 0.1) is 23.7 Å². The molecule has 2 N–H and O–H groups in total. The Morgan fingerprint density at radius 1 is 0.955 bits per heavy atom. The molecule has 0 unspecified atom stereocenters. The number of carbonyl (C=O) groups excluding carboxylic acids is 2. The van der Waals surface area contributed by atoms with Gasteiger partial charge < -0.3 is 15.4 Å². The number of hydrogen-bond acceptors (Lipinski definition) is 3. The summed E-state index contributed by atoms with van der Waals surface area (Å²) in [6.07, 6.45) is 10.5. The van der Waals surface area contributed by atoms with Gasteiger partial charge in [0.05, 0.1) is 0 Å². The van der Waals surface area contributed by atoms with Crippen molar-refractivity contribution in [3.63, 3.8) is 0 Å². The third-order valence-electron chi connectivity index (χ3n) is 5.29. The standard InChI is InChI=1S/C17H29N2O2.K/c1-18-10-13-6-8-16(9-7-13)17(21)19-11-14-2-4-15(12-20)5-3-14;/h13-16,18H,2-11H2,1H3,(H,19,21);/q-1;+1. The van der Waals surface area contributed by atoms with Gasteiger partial charge in [0.1, 0.15) is 0 Å². The molecule has 1 amide bonds. The first-order valence-electron chi connectivity index (χ1n) is 8.53. The van der Waals surface area contributed by atoms with E-state index in [0.717, 1.165) is 57.5 Å². The van der Waals surface area contributed by atoms with Gasteiger partial charge in [-0.3, -0.25) is 11.1 Å². The summed E-state index contributed by atoms with van der Waals surface area (Å²) in [5.74, 6) is 1.91. The second-order valence-electron chi connectivity index (χ2n) is 6.86. The molecule has 0 bridgehead atoms. The Morgan fingerprint density at radius 3 is 2.05 bits per heavy atom. The van der Waals surface area contributed by atoms with E-state index in [1.807, 2.05) is 7.05 Å². The second kappa shape index (κ2) is 11.3. The minimum Gasteiger partial charge on any atom is -0.542 e. The van der Waals surface area contributed by atoms with Crippen molar-refractivity contribution in [2.24, 2.45) is 23.7 Å². The van der Waals surface area contributed by atoms with E-state index in [-0.39, 0.29) is 69.1 Å². The van der Waals surface area contributed by atoms with Crippen LogP contribution in [0.1, 0.15) is 51.4 Å². The second-order valence-corrected chi connectivity index (χ2v) is 6.86. The van der Waals surface area contributed by atoms with E-state index in [1.54, 1.807) is 0 Å². The first-order chi connectivity index (χ1) is 10.2. The zero-order chi connectivity index (χ0) is 15.1. The minimum absolute atomic E-state index is 0. The summed E-state index contributed by atoms with van der Waals surface area (Å²) in [4.78, 5) is 22.8. The summed E-state index contributed by atoms with van der Waals surface area (Å²) < 4.78 is 0. The molecule has 120 valence electrons. The Kier molecular flexibility index (Phi) is 10.7. The van der Waals surface area contributed by atoms with Crippen LogP contribution in [0.15, 0.2) is 0 Å². The van der Waals surface area contributed by atoms with Crippen molar-refractivity contribution >= 4 is 12.2 Å². The average molecular weight is 333 g/mol. The summed E-state index contributed by atoms with van der Waals surface area (Å²) in [6.45, 7) is 1.87.